The molecule has 0 spiro atoms. The van der Waals surface area contributed by atoms with Gasteiger partial charge < -0.3 is 15.3 Å². The zero-order valence-corrected chi connectivity index (χ0v) is 14.2. The van der Waals surface area contributed by atoms with Gasteiger partial charge in [-0.2, -0.15) is 0 Å². The number of halogens is 1. The van der Waals surface area contributed by atoms with E-state index in [4.69, 9.17) is 0 Å². The van der Waals surface area contributed by atoms with Gasteiger partial charge in [0.2, 0.25) is 5.95 Å². The molecule has 0 unspecified atom stereocenters. The van der Waals surface area contributed by atoms with E-state index < -0.39 is 5.82 Å². The average molecular weight is 331 g/mol. The lowest BCUT2D eigenvalue weighted by atomic mass is 10.1. The molecular weight excluding hydrogens is 309 g/mol. The van der Waals surface area contributed by atoms with Gasteiger partial charge in [0.05, 0.1) is 11.3 Å². The fourth-order valence-corrected chi connectivity index (χ4v) is 3.12. The number of likely N-dealkylation sites (tertiary alicyclic amines) is 1. The number of likely N-dealkylation sites (N-methyl/N-ethyl adjacent to an activating group) is 1. The van der Waals surface area contributed by atoms with Gasteiger partial charge in [-0.15, -0.1) is 10.2 Å². The van der Waals surface area contributed by atoms with Crippen LogP contribution in [0.4, 0.5) is 10.3 Å². The topological polar surface area (TPSA) is 74.2 Å². The third-order valence-corrected chi connectivity index (χ3v) is 4.27. The zero-order valence-electron chi connectivity index (χ0n) is 14.2. The molecule has 1 saturated heterocycles. The van der Waals surface area contributed by atoms with Crippen molar-refractivity contribution in [3.63, 3.8) is 0 Å². The third kappa shape index (κ3) is 3.46. The molecule has 2 heterocycles. The number of phenols is 1. The van der Waals surface area contributed by atoms with Crippen LogP contribution in [0.25, 0.3) is 11.3 Å². The number of nitrogens with one attached hydrogen (secondary N) is 1. The highest BCUT2D eigenvalue weighted by Crippen LogP contribution is 2.32. The summed E-state index contributed by atoms with van der Waals surface area (Å²) < 4.78 is 14.2. The van der Waals surface area contributed by atoms with Crippen molar-refractivity contribution < 1.29 is 9.50 Å². The van der Waals surface area contributed by atoms with E-state index in [1.54, 1.807) is 13.8 Å². The van der Waals surface area contributed by atoms with Crippen molar-refractivity contribution in [2.45, 2.75) is 32.7 Å². The summed E-state index contributed by atoms with van der Waals surface area (Å²) in [6.07, 6.45) is 2.18. The second kappa shape index (κ2) is 6.68. The minimum Gasteiger partial charge on any atom is -0.507 e. The predicted octanol–water partition coefficient (Wildman–Crippen LogP) is 2.51. The molecule has 0 saturated carbocycles. The van der Waals surface area contributed by atoms with E-state index in [1.165, 1.54) is 12.1 Å². The normalized spacial score (nSPS) is 18.6. The van der Waals surface area contributed by atoms with Gasteiger partial charge >= 0.3 is 0 Å². The smallest absolute Gasteiger partial charge is 0.243 e. The molecule has 2 N–H and O–H groups in total. The van der Waals surface area contributed by atoms with Gasteiger partial charge in [-0.25, -0.2) is 9.37 Å². The maximum absolute atomic E-state index is 14.2. The molecule has 128 valence electrons. The van der Waals surface area contributed by atoms with Gasteiger partial charge in [0.25, 0.3) is 0 Å². The minimum atomic E-state index is -0.527. The lowest BCUT2D eigenvalue weighted by Crippen LogP contribution is -2.40. The predicted molar refractivity (Wildman–Crippen MR) is 90.5 cm³/mol. The SMILES string of the molecule is Cc1cc(O)c(-c2nnc(N[C@@H]3CCCN(C)C3)nc2C)c(F)c1. The third-order valence-electron chi connectivity index (χ3n) is 4.27. The van der Waals surface area contributed by atoms with Crippen LogP contribution in [0.2, 0.25) is 0 Å². The molecule has 1 aliphatic rings. The van der Waals surface area contributed by atoms with Crippen LogP contribution in [0.3, 0.4) is 0 Å². The summed E-state index contributed by atoms with van der Waals surface area (Å²) in [5.41, 5.74) is 1.47. The number of benzene rings is 1. The fourth-order valence-electron chi connectivity index (χ4n) is 3.12. The average Bonchev–Trinajstić information content (AvgIpc) is 2.48. The summed E-state index contributed by atoms with van der Waals surface area (Å²) in [7, 11) is 2.09. The Hall–Kier alpha value is -2.28. The van der Waals surface area contributed by atoms with Crippen molar-refractivity contribution in [1.82, 2.24) is 20.1 Å². The van der Waals surface area contributed by atoms with E-state index in [0.717, 1.165) is 25.9 Å². The molecule has 7 heteroatoms. The van der Waals surface area contributed by atoms with E-state index in [1.807, 2.05) is 0 Å². The standard InChI is InChI=1S/C17H22FN5O/c1-10-7-13(18)15(14(24)8-10)16-11(2)19-17(22-21-16)20-12-5-4-6-23(3)9-12/h7-8,12,24H,4-6,9H2,1-3H3,(H,19,20,22)/t12-/m1/s1. The number of aromatic nitrogens is 3. The summed E-state index contributed by atoms with van der Waals surface area (Å²) in [6.45, 7) is 5.48. The van der Waals surface area contributed by atoms with Crippen LogP contribution in [0.15, 0.2) is 12.1 Å². The molecule has 6 nitrogen and oxygen atoms in total. The zero-order chi connectivity index (χ0) is 17.3. The second-order valence-corrected chi connectivity index (χ2v) is 6.46. The number of hydrogen-bond acceptors (Lipinski definition) is 6. The lowest BCUT2D eigenvalue weighted by Gasteiger charge is -2.30. The quantitative estimate of drug-likeness (QED) is 0.900. The highest BCUT2D eigenvalue weighted by atomic mass is 19.1. The summed E-state index contributed by atoms with van der Waals surface area (Å²) in [4.78, 5) is 6.65. The van der Waals surface area contributed by atoms with Crippen molar-refractivity contribution >= 4 is 5.95 Å². The molecule has 0 amide bonds. The van der Waals surface area contributed by atoms with Crippen molar-refractivity contribution in [3.05, 3.63) is 29.2 Å². The van der Waals surface area contributed by atoms with Crippen molar-refractivity contribution in [2.75, 3.05) is 25.5 Å². The molecule has 1 atom stereocenters. The first kappa shape index (κ1) is 16.6. The van der Waals surface area contributed by atoms with Crippen LogP contribution in [0.1, 0.15) is 24.1 Å². The maximum atomic E-state index is 14.2. The molecule has 1 fully saturated rings. The summed E-state index contributed by atoms with van der Waals surface area (Å²) >= 11 is 0. The largest absolute Gasteiger partial charge is 0.507 e. The summed E-state index contributed by atoms with van der Waals surface area (Å²) in [6, 6.07) is 3.14. The van der Waals surface area contributed by atoms with Crippen LogP contribution in [-0.2, 0) is 0 Å². The van der Waals surface area contributed by atoms with Gasteiger partial charge in [-0.3, -0.25) is 0 Å². The number of phenolic OH excluding ortho intramolecular Hbond substituents is 1. The summed E-state index contributed by atoms with van der Waals surface area (Å²) in [5, 5.41) is 21.5. The van der Waals surface area contributed by atoms with Gasteiger partial charge in [0.1, 0.15) is 17.3 Å². The molecule has 1 aromatic carbocycles. The Balaban J connectivity index is 1.85. The van der Waals surface area contributed by atoms with Crippen LogP contribution in [0.5, 0.6) is 5.75 Å². The first-order valence-electron chi connectivity index (χ1n) is 8.10. The molecule has 2 aromatic rings. The highest BCUT2D eigenvalue weighted by molar-refractivity contribution is 5.69. The number of aryl methyl sites for hydroxylation is 2. The van der Waals surface area contributed by atoms with Crippen molar-refractivity contribution in [1.29, 1.82) is 0 Å². The number of rotatable bonds is 3. The van der Waals surface area contributed by atoms with E-state index in [0.29, 0.717) is 17.2 Å². The number of anilines is 1. The van der Waals surface area contributed by atoms with Crippen LogP contribution in [0, 0.1) is 19.7 Å². The molecule has 1 aromatic heterocycles. The number of hydrogen-bond donors (Lipinski definition) is 2. The monoisotopic (exact) mass is 331 g/mol. The van der Waals surface area contributed by atoms with Crippen molar-refractivity contribution in [2.24, 2.45) is 0 Å². The molecular formula is C17H22FN5O. The summed E-state index contributed by atoms with van der Waals surface area (Å²) in [5.74, 6) is -0.244. The molecule has 0 radical (unpaired) electrons. The number of aromatic hydroxyl groups is 1. The second-order valence-electron chi connectivity index (χ2n) is 6.46. The Morgan fingerprint density at radius 1 is 1.29 bits per heavy atom. The molecule has 24 heavy (non-hydrogen) atoms. The Labute approximate surface area is 140 Å². The van der Waals surface area contributed by atoms with Crippen LogP contribution in [-0.4, -0.2) is 51.4 Å². The van der Waals surface area contributed by atoms with E-state index >= 15 is 0 Å². The van der Waals surface area contributed by atoms with E-state index in [-0.39, 0.29) is 23.0 Å². The Kier molecular flexibility index (Phi) is 4.62. The Morgan fingerprint density at radius 2 is 2.08 bits per heavy atom. The van der Waals surface area contributed by atoms with Gasteiger partial charge in [0, 0.05) is 12.6 Å². The number of nitrogens with zero attached hydrogens (tertiary/aromatic N) is 4. The fraction of sp³-hybridized carbons (Fsp3) is 0.471. The van der Waals surface area contributed by atoms with Gasteiger partial charge in [-0.1, -0.05) is 0 Å². The number of piperidine rings is 1. The Bertz CT molecular complexity index is 729. The van der Waals surface area contributed by atoms with Crippen molar-refractivity contribution in [3.8, 4) is 17.0 Å². The molecule has 0 aliphatic carbocycles. The molecule has 3 rings (SSSR count). The van der Waals surface area contributed by atoms with Gasteiger partial charge in [-0.05, 0) is 58.0 Å². The maximum Gasteiger partial charge on any atom is 0.243 e. The van der Waals surface area contributed by atoms with Crippen LogP contribution < -0.4 is 5.32 Å². The molecule has 0 bridgehead atoms. The van der Waals surface area contributed by atoms with E-state index in [9.17, 15) is 9.50 Å². The highest BCUT2D eigenvalue weighted by Gasteiger charge is 2.20. The first-order chi connectivity index (χ1) is 11.4. The minimum absolute atomic E-state index is 0.0436. The first-order valence-corrected chi connectivity index (χ1v) is 8.10. The molecule has 1 aliphatic heterocycles. The lowest BCUT2D eigenvalue weighted by molar-refractivity contribution is 0.260. The van der Waals surface area contributed by atoms with Crippen LogP contribution >= 0.6 is 0 Å². The van der Waals surface area contributed by atoms with Gasteiger partial charge in [0.15, 0.2) is 0 Å². The van der Waals surface area contributed by atoms with E-state index in [2.05, 4.69) is 32.4 Å². The Morgan fingerprint density at radius 3 is 2.75 bits per heavy atom.